The minimum absolute atomic E-state index is 0.143. The second-order valence-electron chi connectivity index (χ2n) is 4.99. The minimum Gasteiger partial charge on any atom is -0.496 e. The molecule has 0 saturated carbocycles. The molecule has 3 heteroatoms. The van der Waals surface area contributed by atoms with E-state index in [9.17, 15) is 4.79 Å². The molecule has 1 atom stereocenters. The topological polar surface area (TPSA) is 29.5 Å². The van der Waals surface area contributed by atoms with E-state index in [-0.39, 0.29) is 11.8 Å². The van der Waals surface area contributed by atoms with Crippen LogP contribution in [0.15, 0.2) is 36.4 Å². The molecule has 0 unspecified atom stereocenters. The van der Waals surface area contributed by atoms with Crippen LogP contribution in [0, 0.1) is 5.92 Å². The van der Waals surface area contributed by atoms with Crippen molar-refractivity contribution in [3.63, 3.8) is 0 Å². The van der Waals surface area contributed by atoms with Gasteiger partial charge in [0.2, 0.25) is 5.91 Å². The van der Waals surface area contributed by atoms with Gasteiger partial charge in [0.1, 0.15) is 5.75 Å². The SMILES string of the molecule is COc1ccccc1CN(C)C(=O)[C@@H]1CC=CCC1. The van der Waals surface area contributed by atoms with Gasteiger partial charge in [-0.15, -0.1) is 0 Å². The van der Waals surface area contributed by atoms with Gasteiger partial charge in [-0.2, -0.15) is 0 Å². The van der Waals surface area contributed by atoms with Crippen molar-refractivity contribution >= 4 is 5.91 Å². The van der Waals surface area contributed by atoms with E-state index in [0.717, 1.165) is 30.6 Å². The van der Waals surface area contributed by atoms with Crippen molar-refractivity contribution in [2.75, 3.05) is 14.2 Å². The van der Waals surface area contributed by atoms with Crippen LogP contribution in [0.3, 0.4) is 0 Å². The highest BCUT2D eigenvalue weighted by Crippen LogP contribution is 2.23. The summed E-state index contributed by atoms with van der Waals surface area (Å²) in [6, 6.07) is 7.84. The van der Waals surface area contributed by atoms with Crippen LogP contribution in [0.4, 0.5) is 0 Å². The fraction of sp³-hybridized carbons (Fsp3) is 0.438. The van der Waals surface area contributed by atoms with E-state index >= 15 is 0 Å². The number of amides is 1. The Morgan fingerprint density at radius 2 is 2.16 bits per heavy atom. The smallest absolute Gasteiger partial charge is 0.226 e. The molecule has 2 rings (SSSR count). The van der Waals surface area contributed by atoms with Gasteiger partial charge in [-0.1, -0.05) is 30.4 Å². The average Bonchev–Trinajstić information content (AvgIpc) is 2.48. The quantitative estimate of drug-likeness (QED) is 0.778. The first-order chi connectivity index (χ1) is 9.22. The highest BCUT2D eigenvalue weighted by molar-refractivity contribution is 5.79. The second-order valence-corrected chi connectivity index (χ2v) is 4.99. The molecule has 0 saturated heterocycles. The number of ether oxygens (including phenoxy) is 1. The Balaban J connectivity index is 2.01. The van der Waals surface area contributed by atoms with Crippen LogP contribution in [0.25, 0.3) is 0 Å². The van der Waals surface area contributed by atoms with Gasteiger partial charge in [0, 0.05) is 25.1 Å². The maximum atomic E-state index is 12.4. The van der Waals surface area contributed by atoms with E-state index in [1.165, 1.54) is 0 Å². The summed E-state index contributed by atoms with van der Waals surface area (Å²) >= 11 is 0. The highest BCUT2D eigenvalue weighted by atomic mass is 16.5. The summed E-state index contributed by atoms with van der Waals surface area (Å²) < 4.78 is 5.32. The molecule has 1 aliphatic carbocycles. The normalized spacial score (nSPS) is 18.1. The van der Waals surface area contributed by atoms with Gasteiger partial charge in [0.15, 0.2) is 0 Å². The summed E-state index contributed by atoms with van der Waals surface area (Å²) in [6.45, 7) is 0.600. The third-order valence-electron chi connectivity index (χ3n) is 3.59. The van der Waals surface area contributed by atoms with Gasteiger partial charge in [-0.3, -0.25) is 4.79 Å². The Morgan fingerprint density at radius 1 is 1.37 bits per heavy atom. The van der Waals surface area contributed by atoms with Crippen molar-refractivity contribution < 1.29 is 9.53 Å². The largest absolute Gasteiger partial charge is 0.496 e. The van der Waals surface area contributed by atoms with Gasteiger partial charge < -0.3 is 9.64 Å². The number of nitrogens with zero attached hydrogens (tertiary/aromatic N) is 1. The van der Waals surface area contributed by atoms with Gasteiger partial charge in [-0.25, -0.2) is 0 Å². The molecule has 102 valence electrons. The number of carbonyl (C=O) groups is 1. The van der Waals surface area contributed by atoms with E-state index in [2.05, 4.69) is 12.2 Å². The molecule has 0 heterocycles. The van der Waals surface area contributed by atoms with Crippen LogP contribution in [-0.4, -0.2) is 25.0 Å². The zero-order valence-electron chi connectivity index (χ0n) is 11.6. The van der Waals surface area contributed by atoms with Crippen LogP contribution in [-0.2, 0) is 11.3 Å². The minimum atomic E-state index is 0.143. The Labute approximate surface area is 114 Å². The number of hydrogen-bond donors (Lipinski definition) is 0. The van der Waals surface area contributed by atoms with Crippen LogP contribution >= 0.6 is 0 Å². The summed E-state index contributed by atoms with van der Waals surface area (Å²) in [5.41, 5.74) is 1.05. The van der Waals surface area contributed by atoms with E-state index in [1.54, 1.807) is 7.11 Å². The van der Waals surface area contributed by atoms with Crippen molar-refractivity contribution in [3.05, 3.63) is 42.0 Å². The Bertz CT molecular complexity index is 468. The van der Waals surface area contributed by atoms with Crippen molar-refractivity contribution in [1.29, 1.82) is 0 Å². The molecule has 0 bridgehead atoms. The lowest BCUT2D eigenvalue weighted by Crippen LogP contribution is -2.33. The molecule has 1 aromatic rings. The first-order valence-corrected chi connectivity index (χ1v) is 6.74. The second kappa shape index (κ2) is 6.41. The lowest BCUT2D eigenvalue weighted by Gasteiger charge is -2.25. The lowest BCUT2D eigenvalue weighted by atomic mass is 9.93. The number of hydrogen-bond acceptors (Lipinski definition) is 2. The van der Waals surface area contributed by atoms with Crippen molar-refractivity contribution in [1.82, 2.24) is 4.90 Å². The van der Waals surface area contributed by atoms with E-state index in [1.807, 2.05) is 36.2 Å². The molecule has 19 heavy (non-hydrogen) atoms. The number of allylic oxidation sites excluding steroid dienone is 2. The first kappa shape index (κ1) is 13.7. The molecule has 0 spiro atoms. The summed E-state index contributed by atoms with van der Waals surface area (Å²) in [5.74, 6) is 1.21. The standard InChI is InChI=1S/C16H21NO2/c1-17(16(18)13-8-4-3-5-9-13)12-14-10-6-7-11-15(14)19-2/h3-4,6-7,10-11,13H,5,8-9,12H2,1-2H3/t13-/m1/s1. The van der Waals surface area contributed by atoms with Gasteiger partial charge in [0.05, 0.1) is 7.11 Å². The van der Waals surface area contributed by atoms with E-state index < -0.39 is 0 Å². The Hall–Kier alpha value is -1.77. The zero-order chi connectivity index (χ0) is 13.7. The molecule has 0 fully saturated rings. The average molecular weight is 259 g/mol. The number of para-hydroxylation sites is 1. The maximum absolute atomic E-state index is 12.4. The lowest BCUT2D eigenvalue weighted by molar-refractivity contribution is -0.135. The molecule has 1 aromatic carbocycles. The Morgan fingerprint density at radius 3 is 2.84 bits per heavy atom. The van der Waals surface area contributed by atoms with Crippen LogP contribution in [0.5, 0.6) is 5.75 Å². The number of carbonyl (C=O) groups excluding carboxylic acids is 1. The molecule has 1 aliphatic rings. The number of rotatable bonds is 4. The van der Waals surface area contributed by atoms with E-state index in [0.29, 0.717) is 6.54 Å². The highest BCUT2D eigenvalue weighted by Gasteiger charge is 2.22. The summed E-state index contributed by atoms with van der Waals surface area (Å²) in [5, 5.41) is 0. The van der Waals surface area contributed by atoms with E-state index in [4.69, 9.17) is 4.74 Å². The van der Waals surface area contributed by atoms with Crippen molar-refractivity contribution in [3.8, 4) is 5.75 Å². The molecule has 0 aromatic heterocycles. The number of methoxy groups -OCH3 is 1. The molecule has 1 amide bonds. The number of benzene rings is 1. The molecule has 3 nitrogen and oxygen atoms in total. The van der Waals surface area contributed by atoms with Crippen LogP contribution in [0.1, 0.15) is 24.8 Å². The molecular formula is C16H21NO2. The molecular weight excluding hydrogens is 238 g/mol. The van der Waals surface area contributed by atoms with Crippen molar-refractivity contribution in [2.24, 2.45) is 5.92 Å². The fourth-order valence-electron chi connectivity index (χ4n) is 2.50. The van der Waals surface area contributed by atoms with Gasteiger partial charge >= 0.3 is 0 Å². The summed E-state index contributed by atoms with van der Waals surface area (Å²) in [6.07, 6.45) is 7.12. The molecule has 0 radical (unpaired) electrons. The van der Waals surface area contributed by atoms with Crippen LogP contribution < -0.4 is 4.74 Å². The monoisotopic (exact) mass is 259 g/mol. The molecule has 0 N–H and O–H groups in total. The van der Waals surface area contributed by atoms with Gasteiger partial charge in [-0.05, 0) is 25.3 Å². The Kier molecular flexibility index (Phi) is 4.61. The summed E-state index contributed by atoms with van der Waals surface area (Å²) in [4.78, 5) is 14.2. The predicted octanol–water partition coefficient (Wildman–Crippen LogP) is 3.01. The third kappa shape index (κ3) is 3.37. The molecule has 0 aliphatic heterocycles. The van der Waals surface area contributed by atoms with Crippen LogP contribution in [0.2, 0.25) is 0 Å². The zero-order valence-corrected chi connectivity index (χ0v) is 11.6. The predicted molar refractivity (Wildman–Crippen MR) is 75.9 cm³/mol. The van der Waals surface area contributed by atoms with Crippen molar-refractivity contribution in [2.45, 2.75) is 25.8 Å². The maximum Gasteiger partial charge on any atom is 0.226 e. The summed E-state index contributed by atoms with van der Waals surface area (Å²) in [7, 11) is 3.53. The fourth-order valence-corrected chi connectivity index (χ4v) is 2.50. The third-order valence-corrected chi connectivity index (χ3v) is 3.59. The first-order valence-electron chi connectivity index (χ1n) is 6.74. The van der Waals surface area contributed by atoms with Gasteiger partial charge in [0.25, 0.3) is 0 Å².